The van der Waals surface area contributed by atoms with Crippen molar-refractivity contribution in [3.8, 4) is 5.75 Å². The highest BCUT2D eigenvalue weighted by atomic mass is 16.5. The summed E-state index contributed by atoms with van der Waals surface area (Å²) < 4.78 is 5.31. The van der Waals surface area contributed by atoms with Crippen molar-refractivity contribution >= 4 is 11.9 Å². The summed E-state index contributed by atoms with van der Waals surface area (Å²) in [6.45, 7) is 1.61. The van der Waals surface area contributed by atoms with Crippen LogP contribution in [-0.2, 0) is 9.53 Å². The van der Waals surface area contributed by atoms with Gasteiger partial charge in [-0.15, -0.1) is 0 Å². The van der Waals surface area contributed by atoms with E-state index in [0.29, 0.717) is 0 Å². The number of rotatable bonds is 4. The van der Waals surface area contributed by atoms with Crippen LogP contribution in [0.15, 0.2) is 24.3 Å². The number of hydrogen-bond acceptors (Lipinski definition) is 4. The van der Waals surface area contributed by atoms with Crippen LogP contribution in [0.3, 0.4) is 0 Å². The van der Waals surface area contributed by atoms with E-state index in [9.17, 15) is 14.7 Å². The zero-order valence-corrected chi connectivity index (χ0v) is 14.5. The first-order valence-corrected chi connectivity index (χ1v) is 9.24. The molecule has 4 aliphatic carbocycles. The highest BCUT2D eigenvalue weighted by Gasteiger charge is 2.51. The molecule has 4 fully saturated rings. The van der Waals surface area contributed by atoms with Gasteiger partial charge >= 0.3 is 5.97 Å². The number of ether oxygens (including phenoxy) is 1. The van der Waals surface area contributed by atoms with E-state index < -0.39 is 12.1 Å². The molecule has 0 aromatic heterocycles. The molecule has 0 unspecified atom stereocenters. The van der Waals surface area contributed by atoms with Gasteiger partial charge in [0.1, 0.15) is 5.75 Å². The molecule has 0 spiro atoms. The Hall–Kier alpha value is -2.04. The second kappa shape index (κ2) is 6.04. The quantitative estimate of drug-likeness (QED) is 0.824. The van der Waals surface area contributed by atoms with Crippen LogP contribution in [0.4, 0.5) is 0 Å². The zero-order chi connectivity index (χ0) is 17.6. The van der Waals surface area contributed by atoms with E-state index >= 15 is 0 Å². The van der Waals surface area contributed by atoms with E-state index in [4.69, 9.17) is 4.74 Å². The lowest BCUT2D eigenvalue weighted by Crippen LogP contribution is -2.61. The van der Waals surface area contributed by atoms with Gasteiger partial charge in [0.05, 0.1) is 5.56 Å². The molecule has 1 aromatic rings. The lowest BCUT2D eigenvalue weighted by molar-refractivity contribution is -0.134. The van der Waals surface area contributed by atoms with E-state index in [1.54, 1.807) is 19.1 Å². The molecule has 0 radical (unpaired) electrons. The van der Waals surface area contributed by atoms with Crippen molar-refractivity contribution in [2.45, 2.75) is 57.1 Å². The highest BCUT2D eigenvalue weighted by Crippen LogP contribution is 2.55. The van der Waals surface area contributed by atoms with Gasteiger partial charge in [0, 0.05) is 5.54 Å². The normalized spacial score (nSPS) is 33.7. The van der Waals surface area contributed by atoms with Gasteiger partial charge < -0.3 is 15.2 Å². The predicted molar refractivity (Wildman–Crippen MR) is 92.0 cm³/mol. The molecule has 4 saturated carbocycles. The third kappa shape index (κ3) is 3.24. The number of nitrogens with one attached hydrogen (secondary N) is 1. The standard InChI is InChI=1S/C20H25NO4/c1-12(25-19(24)16-3-2-4-17(22)8-16)18(23)21-20-9-13-5-14(10-20)7-15(6-13)11-20/h2-4,8,12-15,22H,5-7,9-11H2,1H3,(H,21,23)/t12-,13?,14?,15?,20?/m0/s1. The van der Waals surface area contributed by atoms with Gasteiger partial charge in [0.2, 0.25) is 0 Å². The van der Waals surface area contributed by atoms with Crippen LogP contribution < -0.4 is 5.32 Å². The molecule has 5 nitrogen and oxygen atoms in total. The molecule has 1 aromatic carbocycles. The molecule has 5 rings (SSSR count). The number of aromatic hydroxyl groups is 1. The second-order valence-corrected chi connectivity index (χ2v) is 8.29. The van der Waals surface area contributed by atoms with Crippen molar-refractivity contribution in [1.29, 1.82) is 0 Å². The Morgan fingerprint density at radius 2 is 1.76 bits per heavy atom. The van der Waals surface area contributed by atoms with Crippen molar-refractivity contribution in [3.05, 3.63) is 29.8 Å². The number of carbonyl (C=O) groups excluding carboxylic acids is 2. The van der Waals surface area contributed by atoms with Crippen LogP contribution >= 0.6 is 0 Å². The summed E-state index contributed by atoms with van der Waals surface area (Å²) in [5, 5.41) is 12.7. The summed E-state index contributed by atoms with van der Waals surface area (Å²) in [7, 11) is 0. The molecule has 25 heavy (non-hydrogen) atoms. The van der Waals surface area contributed by atoms with Crippen molar-refractivity contribution in [3.63, 3.8) is 0 Å². The average molecular weight is 343 g/mol. The van der Waals surface area contributed by atoms with Gasteiger partial charge in [-0.1, -0.05) is 6.07 Å². The topological polar surface area (TPSA) is 75.6 Å². The summed E-state index contributed by atoms with van der Waals surface area (Å²) in [6.07, 6.45) is 6.31. The van der Waals surface area contributed by atoms with Crippen LogP contribution in [0.1, 0.15) is 55.8 Å². The van der Waals surface area contributed by atoms with Gasteiger partial charge in [-0.2, -0.15) is 0 Å². The molecule has 4 bridgehead atoms. The highest BCUT2D eigenvalue weighted by molar-refractivity contribution is 5.92. The Kier molecular flexibility index (Phi) is 3.97. The van der Waals surface area contributed by atoms with Gasteiger partial charge in [-0.05, 0) is 81.4 Å². The van der Waals surface area contributed by atoms with Crippen molar-refractivity contribution < 1.29 is 19.4 Å². The largest absolute Gasteiger partial charge is 0.508 e. The summed E-state index contributed by atoms with van der Waals surface area (Å²) >= 11 is 0. The number of carbonyl (C=O) groups is 2. The molecule has 0 saturated heterocycles. The van der Waals surface area contributed by atoms with E-state index in [-0.39, 0.29) is 22.8 Å². The molecule has 0 aliphatic heterocycles. The fourth-order valence-electron chi connectivity index (χ4n) is 5.54. The lowest BCUT2D eigenvalue weighted by Gasteiger charge is -2.57. The maximum atomic E-state index is 12.6. The van der Waals surface area contributed by atoms with E-state index in [1.807, 2.05) is 0 Å². The molecule has 5 heteroatoms. The maximum Gasteiger partial charge on any atom is 0.339 e. The minimum atomic E-state index is -0.845. The van der Waals surface area contributed by atoms with Crippen molar-refractivity contribution in [2.24, 2.45) is 17.8 Å². The first-order valence-electron chi connectivity index (χ1n) is 9.24. The Morgan fingerprint density at radius 3 is 2.32 bits per heavy atom. The van der Waals surface area contributed by atoms with Crippen LogP contribution in [-0.4, -0.2) is 28.6 Å². The van der Waals surface area contributed by atoms with E-state index in [2.05, 4.69) is 5.32 Å². The molecule has 4 aliphatic rings. The lowest BCUT2D eigenvalue weighted by atomic mass is 9.53. The third-order valence-corrected chi connectivity index (χ3v) is 6.16. The van der Waals surface area contributed by atoms with Crippen LogP contribution in [0.2, 0.25) is 0 Å². The maximum absolute atomic E-state index is 12.6. The van der Waals surface area contributed by atoms with Crippen LogP contribution in [0.5, 0.6) is 5.75 Å². The summed E-state index contributed by atoms with van der Waals surface area (Å²) in [6, 6.07) is 5.96. The first kappa shape index (κ1) is 16.4. The van der Waals surface area contributed by atoms with Crippen LogP contribution in [0, 0.1) is 17.8 Å². The Bertz CT molecular complexity index is 663. The average Bonchev–Trinajstić information content (AvgIpc) is 2.53. The molecule has 2 N–H and O–H groups in total. The van der Waals surface area contributed by atoms with E-state index in [0.717, 1.165) is 37.0 Å². The molecular weight excluding hydrogens is 318 g/mol. The molecule has 0 heterocycles. The molecule has 134 valence electrons. The van der Waals surface area contributed by atoms with Crippen molar-refractivity contribution in [1.82, 2.24) is 5.32 Å². The number of amides is 1. The van der Waals surface area contributed by atoms with Gasteiger partial charge in [0.25, 0.3) is 5.91 Å². The van der Waals surface area contributed by atoms with Gasteiger partial charge in [0.15, 0.2) is 6.10 Å². The third-order valence-electron chi connectivity index (χ3n) is 6.16. The predicted octanol–water partition coefficient (Wildman–Crippen LogP) is 3.02. The zero-order valence-electron chi connectivity index (χ0n) is 14.5. The monoisotopic (exact) mass is 343 g/mol. The fraction of sp³-hybridized carbons (Fsp3) is 0.600. The smallest absolute Gasteiger partial charge is 0.339 e. The number of phenols is 1. The summed E-state index contributed by atoms with van der Waals surface area (Å²) in [5.74, 6) is 1.43. The number of hydrogen-bond donors (Lipinski definition) is 2. The van der Waals surface area contributed by atoms with Gasteiger partial charge in [-0.3, -0.25) is 4.79 Å². The molecule has 1 amide bonds. The fourth-order valence-corrected chi connectivity index (χ4v) is 5.54. The Balaban J connectivity index is 1.39. The minimum Gasteiger partial charge on any atom is -0.508 e. The number of benzene rings is 1. The Labute approximate surface area is 147 Å². The first-order chi connectivity index (χ1) is 11.9. The van der Waals surface area contributed by atoms with Gasteiger partial charge in [-0.25, -0.2) is 4.79 Å². The minimum absolute atomic E-state index is 0.000113. The van der Waals surface area contributed by atoms with Crippen LogP contribution in [0.25, 0.3) is 0 Å². The molecular formula is C20H25NO4. The number of esters is 1. The van der Waals surface area contributed by atoms with Crippen molar-refractivity contribution in [2.75, 3.05) is 0 Å². The SMILES string of the molecule is C[C@H](OC(=O)c1cccc(O)c1)C(=O)NC12CC3CC(CC(C3)C1)C2. The second-order valence-electron chi connectivity index (χ2n) is 8.29. The summed E-state index contributed by atoms with van der Waals surface area (Å²) in [4.78, 5) is 24.8. The van der Waals surface area contributed by atoms with E-state index in [1.165, 1.54) is 31.4 Å². The summed E-state index contributed by atoms with van der Waals surface area (Å²) in [5.41, 5.74) is 0.159. The molecule has 1 atom stereocenters. The Morgan fingerprint density at radius 1 is 1.16 bits per heavy atom. The number of phenolic OH excluding ortho intramolecular Hbond substituents is 1.